The van der Waals surface area contributed by atoms with E-state index in [9.17, 15) is 9.90 Å². The Labute approximate surface area is 159 Å². The number of rotatable bonds is 3. The number of Topliss-reactive ketones (excluding diaryl/α,β-unsaturated/α-hetero) is 1. The first-order valence-corrected chi connectivity index (χ1v) is 9.52. The fourth-order valence-electron chi connectivity index (χ4n) is 4.39. The van der Waals surface area contributed by atoms with Crippen LogP contribution in [-0.2, 0) is 6.54 Å². The Kier molecular flexibility index (Phi) is 4.70. The highest BCUT2D eigenvalue weighted by atomic mass is 16.5. The molecule has 0 bridgehead atoms. The van der Waals surface area contributed by atoms with Crippen molar-refractivity contribution >= 4 is 11.9 Å². The van der Waals surface area contributed by atoms with Crippen molar-refractivity contribution in [3.63, 3.8) is 0 Å². The van der Waals surface area contributed by atoms with Gasteiger partial charge in [0.2, 0.25) is 5.78 Å². The SMILES string of the molecule is CC1CC(C)C[NH+](Cc2c([O-])ccc3c2OC(=Cc2cccnc2)C3=O)C1. The number of fused-ring (bicyclic) bond motifs is 1. The summed E-state index contributed by atoms with van der Waals surface area (Å²) in [5.74, 6) is 1.74. The molecule has 2 aromatic rings. The molecule has 27 heavy (non-hydrogen) atoms. The largest absolute Gasteiger partial charge is 0.872 e. The van der Waals surface area contributed by atoms with E-state index >= 15 is 0 Å². The van der Waals surface area contributed by atoms with Crippen LogP contribution in [0.15, 0.2) is 42.4 Å². The van der Waals surface area contributed by atoms with Crippen LogP contribution >= 0.6 is 0 Å². The van der Waals surface area contributed by atoms with Crippen LogP contribution in [0, 0.1) is 11.8 Å². The molecular formula is C22H24N2O3. The fraction of sp³-hybridized carbons (Fsp3) is 0.364. The number of benzene rings is 1. The molecule has 0 radical (unpaired) electrons. The summed E-state index contributed by atoms with van der Waals surface area (Å²) in [5, 5.41) is 12.6. The van der Waals surface area contributed by atoms with Gasteiger partial charge in [0, 0.05) is 29.8 Å². The number of carbonyl (C=O) groups excluding carboxylic acids is 1. The molecule has 1 saturated heterocycles. The molecule has 0 aliphatic carbocycles. The third kappa shape index (κ3) is 3.60. The number of likely N-dealkylation sites (tertiary alicyclic amines) is 1. The minimum Gasteiger partial charge on any atom is -0.872 e. The molecule has 3 heterocycles. The minimum absolute atomic E-state index is 0.0532. The lowest BCUT2D eigenvalue weighted by molar-refractivity contribution is -0.925. The molecule has 0 spiro atoms. The standard InChI is InChI=1S/C22H24N2O3/c1-14-8-15(2)12-24(11-14)13-18-19(25)6-5-17-21(26)20(27-22(17)18)9-16-4-3-7-23-10-16/h3-7,9-10,14-15,25H,8,11-13H2,1-2H3. The first kappa shape index (κ1) is 17.7. The molecule has 5 heteroatoms. The van der Waals surface area contributed by atoms with E-state index in [0.29, 0.717) is 35.3 Å². The van der Waals surface area contributed by atoms with Crippen LogP contribution in [0.25, 0.3) is 6.08 Å². The van der Waals surface area contributed by atoms with Crippen molar-refractivity contribution in [2.24, 2.45) is 11.8 Å². The van der Waals surface area contributed by atoms with Crippen molar-refractivity contribution in [1.29, 1.82) is 0 Å². The number of carbonyl (C=O) groups is 1. The van der Waals surface area contributed by atoms with Crippen LogP contribution in [0.3, 0.4) is 0 Å². The maximum atomic E-state index is 12.7. The van der Waals surface area contributed by atoms with Crippen LogP contribution in [0.5, 0.6) is 11.5 Å². The summed E-state index contributed by atoms with van der Waals surface area (Å²) in [5.41, 5.74) is 1.89. The van der Waals surface area contributed by atoms with Gasteiger partial charge in [-0.1, -0.05) is 31.7 Å². The predicted molar refractivity (Wildman–Crippen MR) is 100 cm³/mol. The highest BCUT2D eigenvalue weighted by Gasteiger charge is 2.32. The van der Waals surface area contributed by atoms with Gasteiger partial charge in [0.15, 0.2) is 5.76 Å². The van der Waals surface area contributed by atoms with Crippen molar-refractivity contribution in [1.82, 2.24) is 4.98 Å². The number of nitrogens with one attached hydrogen (secondary N) is 1. The Balaban J connectivity index is 1.64. The van der Waals surface area contributed by atoms with Gasteiger partial charge in [0.05, 0.1) is 18.7 Å². The van der Waals surface area contributed by atoms with Crippen LogP contribution in [-0.4, -0.2) is 23.9 Å². The normalized spacial score (nSPS) is 26.1. The topological polar surface area (TPSA) is 66.7 Å². The quantitative estimate of drug-likeness (QED) is 0.844. The molecule has 1 N–H and O–H groups in total. The first-order chi connectivity index (χ1) is 13.0. The Morgan fingerprint density at radius 3 is 2.74 bits per heavy atom. The van der Waals surface area contributed by atoms with Crippen molar-refractivity contribution in [2.45, 2.75) is 26.8 Å². The van der Waals surface area contributed by atoms with Crippen LogP contribution in [0.1, 0.15) is 41.8 Å². The second-order valence-electron chi connectivity index (χ2n) is 7.93. The molecule has 2 atom stereocenters. The van der Waals surface area contributed by atoms with Crippen molar-refractivity contribution < 1.29 is 19.5 Å². The third-order valence-electron chi connectivity index (χ3n) is 5.39. The van der Waals surface area contributed by atoms with Gasteiger partial charge in [0.25, 0.3) is 0 Å². The average molecular weight is 364 g/mol. The summed E-state index contributed by atoms with van der Waals surface area (Å²) in [4.78, 5) is 18.2. The van der Waals surface area contributed by atoms with Gasteiger partial charge in [-0.15, -0.1) is 0 Å². The molecule has 1 aromatic heterocycles. The predicted octanol–water partition coefficient (Wildman–Crippen LogP) is 1.83. The van der Waals surface area contributed by atoms with E-state index in [1.54, 1.807) is 24.5 Å². The lowest BCUT2D eigenvalue weighted by Gasteiger charge is -2.33. The molecule has 5 nitrogen and oxygen atoms in total. The van der Waals surface area contributed by atoms with Crippen LogP contribution in [0.4, 0.5) is 0 Å². The number of ether oxygens (including phenoxy) is 1. The van der Waals surface area contributed by atoms with Gasteiger partial charge in [-0.3, -0.25) is 9.78 Å². The summed E-state index contributed by atoms with van der Waals surface area (Å²) < 4.78 is 5.90. The maximum Gasteiger partial charge on any atom is 0.231 e. The summed E-state index contributed by atoms with van der Waals surface area (Å²) >= 11 is 0. The Hall–Kier alpha value is -2.66. The molecule has 2 unspecified atom stereocenters. The monoisotopic (exact) mass is 364 g/mol. The zero-order valence-electron chi connectivity index (χ0n) is 15.7. The Morgan fingerprint density at radius 1 is 1.26 bits per heavy atom. The number of nitrogens with zero attached hydrogens (tertiary/aromatic N) is 1. The van der Waals surface area contributed by atoms with Gasteiger partial charge >= 0.3 is 0 Å². The molecule has 140 valence electrons. The number of hydrogen-bond acceptors (Lipinski definition) is 4. The number of aromatic nitrogens is 1. The molecule has 2 aliphatic rings. The molecule has 1 fully saturated rings. The van der Waals surface area contributed by atoms with E-state index in [2.05, 4.69) is 18.8 Å². The molecule has 0 saturated carbocycles. The molecule has 2 aliphatic heterocycles. The Morgan fingerprint density at radius 2 is 2.04 bits per heavy atom. The van der Waals surface area contributed by atoms with Gasteiger partial charge in [0.1, 0.15) is 12.3 Å². The number of quaternary nitrogens is 1. The van der Waals surface area contributed by atoms with Crippen molar-refractivity contribution in [2.75, 3.05) is 13.1 Å². The van der Waals surface area contributed by atoms with Gasteiger partial charge < -0.3 is 14.7 Å². The zero-order valence-corrected chi connectivity index (χ0v) is 15.7. The van der Waals surface area contributed by atoms with Crippen molar-refractivity contribution in [3.8, 4) is 11.5 Å². The lowest BCUT2D eigenvalue weighted by atomic mass is 9.91. The van der Waals surface area contributed by atoms with Crippen LogP contribution in [0.2, 0.25) is 0 Å². The number of ketones is 1. The van der Waals surface area contributed by atoms with Crippen molar-refractivity contribution in [3.05, 3.63) is 59.1 Å². The second kappa shape index (κ2) is 7.16. The van der Waals surface area contributed by atoms with E-state index in [4.69, 9.17) is 4.74 Å². The van der Waals surface area contributed by atoms with Crippen LogP contribution < -0.4 is 14.7 Å². The third-order valence-corrected chi connectivity index (χ3v) is 5.39. The summed E-state index contributed by atoms with van der Waals surface area (Å²) in [6.45, 7) is 7.21. The summed E-state index contributed by atoms with van der Waals surface area (Å²) in [7, 11) is 0. The molecule has 4 rings (SSSR count). The molecule has 1 aromatic carbocycles. The fourth-order valence-corrected chi connectivity index (χ4v) is 4.39. The Bertz CT molecular complexity index is 882. The van der Waals surface area contributed by atoms with E-state index in [0.717, 1.165) is 18.7 Å². The summed E-state index contributed by atoms with van der Waals surface area (Å²) in [6.07, 6.45) is 6.27. The maximum absolute atomic E-state index is 12.7. The van der Waals surface area contributed by atoms with Gasteiger partial charge in [-0.25, -0.2) is 0 Å². The lowest BCUT2D eigenvalue weighted by Crippen LogP contribution is -3.13. The molecule has 0 amide bonds. The number of pyridine rings is 1. The average Bonchev–Trinajstić information content (AvgIpc) is 2.94. The smallest absolute Gasteiger partial charge is 0.231 e. The van der Waals surface area contributed by atoms with E-state index < -0.39 is 0 Å². The summed E-state index contributed by atoms with van der Waals surface area (Å²) in [6, 6.07) is 6.76. The number of allylic oxidation sites excluding steroid dienone is 1. The van der Waals surface area contributed by atoms with E-state index in [1.807, 2.05) is 12.1 Å². The highest BCUT2D eigenvalue weighted by Crippen LogP contribution is 2.38. The highest BCUT2D eigenvalue weighted by molar-refractivity contribution is 6.14. The number of hydrogen-bond donors (Lipinski definition) is 1. The number of piperidine rings is 1. The minimum atomic E-state index is -0.175. The van der Waals surface area contributed by atoms with Gasteiger partial charge in [-0.05, 0) is 30.2 Å². The van der Waals surface area contributed by atoms with E-state index in [1.165, 1.54) is 17.4 Å². The van der Waals surface area contributed by atoms with Gasteiger partial charge in [-0.2, -0.15) is 0 Å². The second-order valence-corrected chi connectivity index (χ2v) is 7.93. The van der Waals surface area contributed by atoms with E-state index in [-0.39, 0.29) is 17.3 Å². The molecular weight excluding hydrogens is 340 g/mol. The zero-order chi connectivity index (χ0) is 19.0. The first-order valence-electron chi connectivity index (χ1n) is 9.52.